The van der Waals surface area contributed by atoms with Crippen LogP contribution in [0.2, 0.25) is 0 Å². The summed E-state index contributed by atoms with van der Waals surface area (Å²) in [6, 6.07) is 14.2. The van der Waals surface area contributed by atoms with Crippen molar-refractivity contribution in [2.24, 2.45) is 0 Å². The van der Waals surface area contributed by atoms with E-state index in [4.69, 9.17) is 4.42 Å². The second-order valence-electron chi connectivity index (χ2n) is 8.18. The van der Waals surface area contributed by atoms with Gasteiger partial charge >= 0.3 is 0 Å². The normalized spacial score (nSPS) is 12.4. The largest absolute Gasteiger partial charge is 0.472 e. The van der Waals surface area contributed by atoms with E-state index in [1.807, 2.05) is 31.2 Å². The first kappa shape index (κ1) is 20.2. The lowest BCUT2D eigenvalue weighted by Gasteiger charge is -2.12. The maximum absolute atomic E-state index is 9.91. The molecule has 0 saturated heterocycles. The van der Waals surface area contributed by atoms with Gasteiger partial charge in [-0.05, 0) is 42.3 Å². The molecule has 1 aromatic carbocycles. The number of fused-ring (bicyclic) bond motifs is 2. The number of nitrogens with zero attached hydrogens (tertiary/aromatic N) is 3. The predicted octanol–water partition coefficient (Wildman–Crippen LogP) is 5.57. The van der Waals surface area contributed by atoms with Gasteiger partial charge < -0.3 is 19.8 Å². The first-order valence-electron chi connectivity index (χ1n) is 11.1. The van der Waals surface area contributed by atoms with Crippen LogP contribution in [-0.2, 0) is 0 Å². The predicted molar refractivity (Wildman–Crippen MR) is 132 cm³/mol. The molecule has 5 heterocycles. The lowest BCUT2D eigenvalue weighted by Crippen LogP contribution is -2.16. The van der Waals surface area contributed by atoms with Crippen LogP contribution in [0.1, 0.15) is 13.3 Å². The number of hydrogen-bond acceptors (Lipinski definition) is 6. The Morgan fingerprint density at radius 1 is 1.03 bits per heavy atom. The van der Waals surface area contributed by atoms with Gasteiger partial charge in [-0.15, -0.1) is 0 Å². The second kappa shape index (κ2) is 8.17. The number of aliphatic hydroxyl groups excluding tert-OH is 1. The van der Waals surface area contributed by atoms with Gasteiger partial charge in [0.2, 0.25) is 0 Å². The van der Waals surface area contributed by atoms with Crippen molar-refractivity contribution in [3.05, 3.63) is 73.6 Å². The number of pyridine rings is 2. The summed E-state index contributed by atoms with van der Waals surface area (Å²) in [7, 11) is 0. The summed E-state index contributed by atoms with van der Waals surface area (Å²) in [4.78, 5) is 12.4. The molecule has 168 valence electrons. The van der Waals surface area contributed by atoms with E-state index < -0.39 is 6.23 Å². The zero-order valence-corrected chi connectivity index (χ0v) is 18.4. The number of nitrogens with one attached hydrogen (secondary N) is 3. The molecule has 1 unspecified atom stereocenters. The fourth-order valence-electron chi connectivity index (χ4n) is 4.19. The van der Waals surface area contributed by atoms with E-state index in [0.717, 1.165) is 61.3 Å². The molecule has 0 fully saturated rings. The van der Waals surface area contributed by atoms with Crippen molar-refractivity contribution in [2.45, 2.75) is 19.6 Å². The van der Waals surface area contributed by atoms with Gasteiger partial charge in [0.1, 0.15) is 11.9 Å². The number of rotatable bonds is 6. The molecular weight excluding hydrogens is 428 g/mol. The Bertz CT molecular complexity index is 1600. The highest BCUT2D eigenvalue weighted by molar-refractivity contribution is 6.01. The number of furan rings is 1. The third-order valence-corrected chi connectivity index (χ3v) is 5.95. The highest BCUT2D eigenvalue weighted by Gasteiger charge is 2.15. The third kappa shape index (κ3) is 3.50. The van der Waals surface area contributed by atoms with E-state index in [9.17, 15) is 5.11 Å². The van der Waals surface area contributed by atoms with Gasteiger partial charge in [-0.25, -0.2) is 0 Å². The average Bonchev–Trinajstić information content (AvgIpc) is 3.62. The molecule has 6 rings (SSSR count). The van der Waals surface area contributed by atoms with Crippen molar-refractivity contribution in [3.63, 3.8) is 0 Å². The minimum Gasteiger partial charge on any atom is -0.472 e. The molecule has 4 N–H and O–H groups in total. The maximum atomic E-state index is 9.91. The molecule has 34 heavy (non-hydrogen) atoms. The van der Waals surface area contributed by atoms with Crippen LogP contribution in [0.3, 0.4) is 0 Å². The summed E-state index contributed by atoms with van der Waals surface area (Å²) >= 11 is 0. The van der Waals surface area contributed by atoms with Crippen molar-refractivity contribution in [1.82, 2.24) is 25.1 Å². The van der Waals surface area contributed by atoms with E-state index in [1.54, 1.807) is 31.1 Å². The van der Waals surface area contributed by atoms with Gasteiger partial charge in [0.25, 0.3) is 0 Å². The van der Waals surface area contributed by atoms with Gasteiger partial charge in [0.15, 0.2) is 0 Å². The molecule has 0 saturated carbocycles. The number of aromatic nitrogens is 5. The highest BCUT2D eigenvalue weighted by atomic mass is 16.3. The quantitative estimate of drug-likeness (QED) is 0.247. The van der Waals surface area contributed by atoms with Crippen LogP contribution in [0.15, 0.2) is 78.0 Å². The molecule has 8 nitrogen and oxygen atoms in total. The second-order valence-corrected chi connectivity index (χ2v) is 8.18. The number of aromatic amines is 2. The summed E-state index contributed by atoms with van der Waals surface area (Å²) in [6.45, 7) is 1.91. The monoisotopic (exact) mass is 450 g/mol. The number of H-pyrrole nitrogens is 2. The van der Waals surface area contributed by atoms with Gasteiger partial charge in [-0.1, -0.05) is 19.1 Å². The minimum absolute atomic E-state index is 0.597. The molecule has 0 aliphatic carbocycles. The summed E-state index contributed by atoms with van der Waals surface area (Å²) < 4.78 is 5.29. The van der Waals surface area contributed by atoms with Crippen LogP contribution in [-0.4, -0.2) is 36.5 Å². The van der Waals surface area contributed by atoms with Crippen molar-refractivity contribution < 1.29 is 9.52 Å². The third-order valence-electron chi connectivity index (χ3n) is 5.95. The Balaban J connectivity index is 1.43. The molecule has 0 aliphatic rings. The first-order valence-corrected chi connectivity index (χ1v) is 11.1. The van der Waals surface area contributed by atoms with E-state index in [-0.39, 0.29) is 0 Å². The summed E-state index contributed by atoms with van der Waals surface area (Å²) in [5, 5.41) is 22.7. The summed E-state index contributed by atoms with van der Waals surface area (Å²) in [6.07, 6.45) is 8.63. The van der Waals surface area contributed by atoms with Crippen LogP contribution in [0.5, 0.6) is 0 Å². The molecule has 0 bridgehead atoms. The maximum Gasteiger partial charge on any atom is 0.124 e. The molecule has 8 heteroatoms. The van der Waals surface area contributed by atoms with Crippen LogP contribution in [0.25, 0.3) is 55.6 Å². The van der Waals surface area contributed by atoms with Gasteiger partial charge in [-0.2, -0.15) is 5.10 Å². The van der Waals surface area contributed by atoms with Crippen LogP contribution >= 0.6 is 0 Å². The molecule has 6 aromatic rings. The van der Waals surface area contributed by atoms with Crippen LogP contribution in [0, 0.1) is 0 Å². The van der Waals surface area contributed by atoms with Gasteiger partial charge in [-0.3, -0.25) is 15.1 Å². The van der Waals surface area contributed by atoms with E-state index in [1.165, 1.54) is 0 Å². The molecule has 0 aliphatic heterocycles. The summed E-state index contributed by atoms with van der Waals surface area (Å²) in [5.41, 5.74) is 8.08. The topological polar surface area (TPSA) is 116 Å². The highest BCUT2D eigenvalue weighted by Crippen LogP contribution is 2.35. The lowest BCUT2D eigenvalue weighted by atomic mass is 10.0. The van der Waals surface area contributed by atoms with E-state index in [2.05, 4.69) is 48.7 Å². The molecule has 5 aromatic heterocycles. The number of benzene rings is 1. The van der Waals surface area contributed by atoms with Crippen molar-refractivity contribution >= 4 is 27.5 Å². The zero-order valence-electron chi connectivity index (χ0n) is 18.4. The van der Waals surface area contributed by atoms with Gasteiger partial charge in [0, 0.05) is 33.6 Å². The van der Waals surface area contributed by atoms with Crippen LogP contribution in [0.4, 0.5) is 5.69 Å². The molecule has 1 atom stereocenters. The fraction of sp³-hybridized carbons (Fsp3) is 0.115. The van der Waals surface area contributed by atoms with Crippen LogP contribution < -0.4 is 5.32 Å². The Morgan fingerprint density at radius 2 is 1.97 bits per heavy atom. The average molecular weight is 451 g/mol. The Kier molecular flexibility index (Phi) is 4.85. The molecular formula is C26H22N6O2. The molecule has 0 amide bonds. The Labute approximate surface area is 194 Å². The zero-order chi connectivity index (χ0) is 23.1. The number of anilines is 1. The fourth-order valence-corrected chi connectivity index (χ4v) is 4.19. The smallest absolute Gasteiger partial charge is 0.124 e. The van der Waals surface area contributed by atoms with Crippen molar-refractivity contribution in [2.75, 3.05) is 5.32 Å². The SMILES string of the molecule is CCC(O)Nc1cncc(-c2cc3c(-c4cc5c(-c6ccoc6)cccc5[nH]4)n[nH]c3cn2)c1. The Hall–Kier alpha value is -4.43. The van der Waals surface area contributed by atoms with Crippen molar-refractivity contribution in [1.29, 1.82) is 0 Å². The Morgan fingerprint density at radius 3 is 2.82 bits per heavy atom. The lowest BCUT2D eigenvalue weighted by molar-refractivity contribution is 0.199. The standard InChI is InChI=1S/C26H22N6O2/c1-2-25(33)29-17-8-16(11-27-12-17)22-10-20-24(13-28-22)31-32-26(20)23-9-19-18(15-6-7-34-14-15)4-3-5-21(19)30-23/h3-14,25,29-30,33H,2H2,1H3,(H,31,32). The number of hydrogen-bond donors (Lipinski definition) is 4. The molecule has 0 radical (unpaired) electrons. The van der Waals surface area contributed by atoms with E-state index >= 15 is 0 Å². The first-order chi connectivity index (χ1) is 16.7. The molecule has 0 spiro atoms. The van der Waals surface area contributed by atoms with Crippen molar-refractivity contribution in [3.8, 4) is 33.8 Å². The van der Waals surface area contributed by atoms with Gasteiger partial charge in [0.05, 0.1) is 47.5 Å². The van der Waals surface area contributed by atoms with E-state index in [0.29, 0.717) is 6.42 Å². The summed E-state index contributed by atoms with van der Waals surface area (Å²) in [5.74, 6) is 0. The number of aliphatic hydroxyl groups is 1. The minimum atomic E-state index is -0.623.